The van der Waals surface area contributed by atoms with E-state index in [9.17, 15) is 4.79 Å². The summed E-state index contributed by atoms with van der Waals surface area (Å²) < 4.78 is 19.0. The van der Waals surface area contributed by atoms with Crippen LogP contribution in [0.4, 0.5) is 0 Å². The van der Waals surface area contributed by atoms with Crippen molar-refractivity contribution in [2.75, 3.05) is 27.4 Å². The molecule has 206 valence electrons. The van der Waals surface area contributed by atoms with E-state index in [-0.39, 0.29) is 5.91 Å². The molecule has 0 fully saturated rings. The Kier molecular flexibility index (Phi) is 9.84. The number of hydrogen-bond acceptors (Lipinski definition) is 5. The van der Waals surface area contributed by atoms with E-state index in [1.165, 1.54) is 16.6 Å². The summed E-state index contributed by atoms with van der Waals surface area (Å²) in [6.45, 7) is 6.33. The number of hydrogen-bond donors (Lipinski definition) is 1. The maximum atomic E-state index is 12.5. The summed E-state index contributed by atoms with van der Waals surface area (Å²) in [5.74, 6) is 3.14. The Bertz CT molecular complexity index is 1380. The topological polar surface area (TPSA) is 74.6 Å². The molecule has 3 aromatic carbocycles. The predicted molar refractivity (Wildman–Crippen MR) is 155 cm³/mol. The van der Waals surface area contributed by atoms with Gasteiger partial charge in [0.15, 0.2) is 11.5 Å². The standard InChI is InChI=1S/C32H39N3O4/c1-23-12-10-13-24(2)31(23)39-21-11-20-35-27-15-8-7-14-26(27)34-30(35)16-6-5-9-19-33-32(36)25-17-18-28(37-3)29(22-25)38-4/h7-8,10,12-15,17-18,22H,5-6,9,11,16,19-21H2,1-4H3,(H,33,36). The van der Waals surface area contributed by atoms with Crippen molar-refractivity contribution in [1.82, 2.24) is 14.9 Å². The van der Waals surface area contributed by atoms with Crippen molar-refractivity contribution >= 4 is 16.9 Å². The number of aromatic nitrogens is 2. The van der Waals surface area contributed by atoms with Gasteiger partial charge in [0, 0.05) is 25.1 Å². The van der Waals surface area contributed by atoms with Gasteiger partial charge in [-0.1, -0.05) is 36.8 Å². The molecule has 1 heterocycles. The average molecular weight is 530 g/mol. The summed E-state index contributed by atoms with van der Waals surface area (Å²) in [6.07, 6.45) is 4.72. The number of carbonyl (C=O) groups excluding carboxylic acids is 1. The van der Waals surface area contributed by atoms with Gasteiger partial charge in [0.1, 0.15) is 11.6 Å². The van der Waals surface area contributed by atoms with Crippen molar-refractivity contribution in [3.05, 3.63) is 83.2 Å². The third-order valence-electron chi connectivity index (χ3n) is 6.92. The zero-order valence-corrected chi connectivity index (χ0v) is 23.5. The van der Waals surface area contributed by atoms with Crippen molar-refractivity contribution in [2.24, 2.45) is 0 Å². The molecule has 0 bridgehead atoms. The third kappa shape index (κ3) is 7.11. The van der Waals surface area contributed by atoms with E-state index in [2.05, 4.69) is 60.1 Å². The Morgan fingerprint density at radius 3 is 2.41 bits per heavy atom. The Balaban J connectivity index is 1.25. The molecule has 1 N–H and O–H groups in total. The summed E-state index contributed by atoms with van der Waals surface area (Å²) in [7, 11) is 3.14. The summed E-state index contributed by atoms with van der Waals surface area (Å²) in [6, 6.07) is 19.8. The number of para-hydroxylation sites is 3. The molecule has 0 saturated carbocycles. The van der Waals surface area contributed by atoms with Crippen LogP contribution < -0.4 is 19.5 Å². The van der Waals surface area contributed by atoms with Crippen LogP contribution in [0.25, 0.3) is 11.0 Å². The highest BCUT2D eigenvalue weighted by Crippen LogP contribution is 2.27. The number of carbonyl (C=O) groups is 1. The molecule has 0 atom stereocenters. The van der Waals surface area contributed by atoms with Crippen LogP contribution in [0.15, 0.2) is 60.7 Å². The lowest BCUT2D eigenvalue weighted by molar-refractivity contribution is 0.0952. The van der Waals surface area contributed by atoms with E-state index >= 15 is 0 Å². The fourth-order valence-corrected chi connectivity index (χ4v) is 4.86. The number of nitrogens with one attached hydrogen (secondary N) is 1. The Hall–Kier alpha value is -4.00. The minimum atomic E-state index is -0.110. The predicted octanol–water partition coefficient (Wildman–Crippen LogP) is 6.28. The lowest BCUT2D eigenvalue weighted by atomic mass is 10.1. The van der Waals surface area contributed by atoms with Crippen LogP contribution in [0.5, 0.6) is 17.2 Å². The molecule has 39 heavy (non-hydrogen) atoms. The second-order valence-electron chi connectivity index (χ2n) is 9.73. The van der Waals surface area contributed by atoms with E-state index < -0.39 is 0 Å². The summed E-state index contributed by atoms with van der Waals surface area (Å²) in [4.78, 5) is 17.5. The number of nitrogens with zero attached hydrogens (tertiary/aromatic N) is 2. The molecule has 0 spiro atoms. The number of methoxy groups -OCH3 is 2. The van der Waals surface area contributed by atoms with Crippen LogP contribution in [-0.4, -0.2) is 42.8 Å². The molecule has 0 aliphatic carbocycles. The molecule has 0 aliphatic rings. The Labute approximate surface area is 231 Å². The van der Waals surface area contributed by atoms with Crippen LogP contribution in [0, 0.1) is 13.8 Å². The summed E-state index contributed by atoms with van der Waals surface area (Å²) >= 11 is 0. The van der Waals surface area contributed by atoms with Crippen LogP contribution in [0.3, 0.4) is 0 Å². The number of aryl methyl sites for hydroxylation is 4. The zero-order valence-electron chi connectivity index (χ0n) is 23.5. The van der Waals surface area contributed by atoms with Gasteiger partial charge in [-0.2, -0.15) is 0 Å². The second kappa shape index (κ2) is 13.7. The molecular weight excluding hydrogens is 490 g/mol. The molecular formula is C32H39N3O4. The maximum Gasteiger partial charge on any atom is 0.251 e. The van der Waals surface area contributed by atoms with Crippen molar-refractivity contribution in [1.29, 1.82) is 0 Å². The average Bonchev–Trinajstić information content (AvgIpc) is 3.30. The van der Waals surface area contributed by atoms with E-state index in [1.54, 1.807) is 32.4 Å². The van der Waals surface area contributed by atoms with Crippen LogP contribution in [0.2, 0.25) is 0 Å². The minimum absolute atomic E-state index is 0.110. The first-order chi connectivity index (χ1) is 19.0. The highest BCUT2D eigenvalue weighted by atomic mass is 16.5. The lowest BCUT2D eigenvalue weighted by Crippen LogP contribution is -2.24. The van der Waals surface area contributed by atoms with E-state index in [0.29, 0.717) is 30.2 Å². The first-order valence-electron chi connectivity index (χ1n) is 13.6. The Morgan fingerprint density at radius 2 is 1.64 bits per heavy atom. The number of fused-ring (bicyclic) bond motifs is 1. The van der Waals surface area contributed by atoms with Gasteiger partial charge in [-0.3, -0.25) is 4.79 Å². The second-order valence-corrected chi connectivity index (χ2v) is 9.73. The van der Waals surface area contributed by atoms with Gasteiger partial charge in [-0.25, -0.2) is 4.98 Å². The highest BCUT2D eigenvalue weighted by molar-refractivity contribution is 5.94. The fourth-order valence-electron chi connectivity index (χ4n) is 4.86. The monoisotopic (exact) mass is 529 g/mol. The van der Waals surface area contributed by atoms with Crippen LogP contribution >= 0.6 is 0 Å². The molecule has 4 aromatic rings. The number of amides is 1. The number of imidazole rings is 1. The number of rotatable bonds is 14. The number of benzene rings is 3. The molecule has 0 saturated heterocycles. The van der Waals surface area contributed by atoms with Gasteiger partial charge in [0.25, 0.3) is 5.91 Å². The van der Waals surface area contributed by atoms with Gasteiger partial charge in [0.05, 0.1) is 31.9 Å². The molecule has 0 aliphatic heterocycles. The van der Waals surface area contributed by atoms with E-state index in [1.807, 2.05) is 6.07 Å². The van der Waals surface area contributed by atoms with Gasteiger partial charge < -0.3 is 24.1 Å². The zero-order chi connectivity index (χ0) is 27.6. The molecule has 1 aromatic heterocycles. The van der Waals surface area contributed by atoms with E-state index in [4.69, 9.17) is 19.2 Å². The largest absolute Gasteiger partial charge is 0.493 e. The normalized spacial score (nSPS) is 11.0. The van der Waals surface area contributed by atoms with Gasteiger partial charge in [0.2, 0.25) is 0 Å². The first-order valence-corrected chi connectivity index (χ1v) is 13.6. The van der Waals surface area contributed by atoms with Gasteiger partial charge >= 0.3 is 0 Å². The molecule has 7 nitrogen and oxygen atoms in total. The first kappa shape index (κ1) is 28.0. The summed E-state index contributed by atoms with van der Waals surface area (Å²) in [5.41, 5.74) is 5.10. The lowest BCUT2D eigenvalue weighted by Gasteiger charge is -2.13. The van der Waals surface area contributed by atoms with Crippen molar-refractivity contribution < 1.29 is 19.0 Å². The summed E-state index contributed by atoms with van der Waals surface area (Å²) in [5, 5.41) is 3.00. The van der Waals surface area contributed by atoms with Crippen LogP contribution in [-0.2, 0) is 13.0 Å². The molecule has 1 amide bonds. The SMILES string of the molecule is COc1ccc(C(=O)NCCCCCc2nc3ccccc3n2CCCOc2c(C)cccc2C)cc1OC. The van der Waals surface area contributed by atoms with E-state index in [0.717, 1.165) is 55.7 Å². The highest BCUT2D eigenvalue weighted by Gasteiger charge is 2.12. The quantitative estimate of drug-likeness (QED) is 0.195. The number of ether oxygens (including phenoxy) is 3. The minimum Gasteiger partial charge on any atom is -0.493 e. The van der Waals surface area contributed by atoms with Crippen molar-refractivity contribution in [3.63, 3.8) is 0 Å². The molecule has 0 unspecified atom stereocenters. The molecule has 7 heteroatoms. The van der Waals surface area contributed by atoms with Crippen molar-refractivity contribution in [3.8, 4) is 17.2 Å². The third-order valence-corrected chi connectivity index (χ3v) is 6.92. The van der Waals surface area contributed by atoms with Crippen LogP contribution in [0.1, 0.15) is 53.0 Å². The fraction of sp³-hybridized carbons (Fsp3) is 0.375. The Morgan fingerprint density at radius 1 is 0.872 bits per heavy atom. The molecule has 4 rings (SSSR count). The van der Waals surface area contributed by atoms with Crippen molar-refractivity contribution in [2.45, 2.75) is 52.5 Å². The smallest absolute Gasteiger partial charge is 0.251 e. The maximum absolute atomic E-state index is 12.5. The van der Waals surface area contributed by atoms with Gasteiger partial charge in [-0.05, 0) is 74.6 Å². The number of unbranched alkanes of at least 4 members (excludes halogenated alkanes) is 2. The van der Waals surface area contributed by atoms with Gasteiger partial charge in [-0.15, -0.1) is 0 Å². The molecule has 0 radical (unpaired) electrons.